The van der Waals surface area contributed by atoms with Crippen LogP contribution in [0.4, 0.5) is 21.0 Å². The van der Waals surface area contributed by atoms with E-state index in [1.807, 2.05) is 20.8 Å². The largest absolute Gasteiger partial charge is 0.497 e. The highest BCUT2D eigenvalue weighted by Gasteiger charge is 2.34. The van der Waals surface area contributed by atoms with E-state index in [0.717, 1.165) is 0 Å². The molecule has 2 aromatic carbocycles. The first-order valence-corrected chi connectivity index (χ1v) is 13.0. The second-order valence-electron chi connectivity index (χ2n) is 10.1. The molecule has 3 atom stereocenters. The normalized spacial score (nSPS) is 17.7. The molecule has 39 heavy (non-hydrogen) atoms. The number of fused-ring (bicyclic) bond motifs is 1. The van der Waals surface area contributed by atoms with Crippen LogP contribution in [0, 0.1) is 5.92 Å². The van der Waals surface area contributed by atoms with Gasteiger partial charge in [-0.1, -0.05) is 6.92 Å². The maximum atomic E-state index is 13.6. The number of benzene rings is 2. The number of carbonyl (C=O) groups is 3. The number of aliphatic hydroxyl groups excluding tert-OH is 1. The van der Waals surface area contributed by atoms with Gasteiger partial charge in [0, 0.05) is 36.9 Å². The number of aliphatic hydroxyl groups is 1. The first kappa shape index (κ1) is 29.6. The summed E-state index contributed by atoms with van der Waals surface area (Å²) in [6, 6.07) is 10.7. The molecule has 0 aromatic heterocycles. The van der Waals surface area contributed by atoms with Crippen molar-refractivity contribution in [1.29, 1.82) is 0 Å². The predicted octanol–water partition coefficient (Wildman–Crippen LogP) is 3.61. The molecule has 2 aromatic rings. The van der Waals surface area contributed by atoms with Crippen LogP contribution in [0.2, 0.25) is 0 Å². The number of nitrogens with zero attached hydrogens (tertiary/aromatic N) is 2. The van der Waals surface area contributed by atoms with Gasteiger partial charge in [0.2, 0.25) is 0 Å². The Kier molecular flexibility index (Phi) is 10.00. The minimum atomic E-state index is -0.458. The lowest BCUT2D eigenvalue weighted by atomic mass is 9.99. The summed E-state index contributed by atoms with van der Waals surface area (Å²) in [6.07, 6.45) is -0.458. The SMILES string of the molecule is COc1ccc(NC(=O)N(C)C[C@@H]2Oc3ccc(NC(=O)NC(C)C)cc3C(=O)N([C@H](C)CO)C[C@@H]2C)cc1. The molecule has 0 saturated heterocycles. The molecule has 1 aliphatic heterocycles. The fourth-order valence-electron chi connectivity index (χ4n) is 4.19. The summed E-state index contributed by atoms with van der Waals surface area (Å²) in [5.41, 5.74) is 1.32. The number of hydrogen-bond acceptors (Lipinski definition) is 6. The van der Waals surface area contributed by atoms with E-state index in [4.69, 9.17) is 9.47 Å². The molecule has 0 spiro atoms. The summed E-state index contributed by atoms with van der Waals surface area (Å²) in [6.45, 7) is 7.76. The van der Waals surface area contributed by atoms with Crippen LogP contribution in [0.5, 0.6) is 11.5 Å². The third-order valence-corrected chi connectivity index (χ3v) is 6.48. The molecule has 1 heterocycles. The first-order valence-electron chi connectivity index (χ1n) is 13.0. The van der Waals surface area contributed by atoms with Crippen molar-refractivity contribution in [3.63, 3.8) is 0 Å². The fourth-order valence-corrected chi connectivity index (χ4v) is 4.19. The number of amides is 5. The smallest absolute Gasteiger partial charge is 0.321 e. The summed E-state index contributed by atoms with van der Waals surface area (Å²) in [7, 11) is 3.25. The van der Waals surface area contributed by atoms with Crippen LogP contribution < -0.4 is 25.4 Å². The number of urea groups is 2. The third kappa shape index (κ3) is 7.76. The van der Waals surface area contributed by atoms with Gasteiger partial charge in [-0.25, -0.2) is 9.59 Å². The molecule has 212 valence electrons. The van der Waals surface area contributed by atoms with E-state index in [2.05, 4.69) is 16.0 Å². The summed E-state index contributed by atoms with van der Waals surface area (Å²) in [5, 5.41) is 18.2. The molecule has 0 saturated carbocycles. The average molecular weight is 542 g/mol. The van der Waals surface area contributed by atoms with Gasteiger partial charge in [0.15, 0.2) is 0 Å². The van der Waals surface area contributed by atoms with Crippen molar-refractivity contribution in [2.45, 2.75) is 45.9 Å². The van der Waals surface area contributed by atoms with Gasteiger partial charge in [0.05, 0.1) is 31.9 Å². The van der Waals surface area contributed by atoms with Crippen LogP contribution in [-0.2, 0) is 0 Å². The lowest BCUT2D eigenvalue weighted by Gasteiger charge is -2.38. The summed E-state index contributed by atoms with van der Waals surface area (Å²) < 4.78 is 11.5. The van der Waals surface area contributed by atoms with E-state index in [0.29, 0.717) is 29.4 Å². The van der Waals surface area contributed by atoms with Gasteiger partial charge in [0.1, 0.15) is 17.6 Å². The molecular formula is C28H39N5O6. The zero-order valence-electron chi connectivity index (χ0n) is 23.4. The lowest BCUT2D eigenvalue weighted by molar-refractivity contribution is 0.0371. The maximum Gasteiger partial charge on any atom is 0.321 e. The van der Waals surface area contributed by atoms with Crippen LogP contribution >= 0.6 is 0 Å². The van der Waals surface area contributed by atoms with Crippen molar-refractivity contribution in [1.82, 2.24) is 15.1 Å². The molecular weight excluding hydrogens is 502 g/mol. The Morgan fingerprint density at radius 3 is 2.41 bits per heavy atom. The van der Waals surface area contributed by atoms with Gasteiger partial charge in [-0.15, -0.1) is 0 Å². The van der Waals surface area contributed by atoms with Crippen LogP contribution in [0.25, 0.3) is 0 Å². The zero-order valence-corrected chi connectivity index (χ0v) is 23.4. The highest BCUT2D eigenvalue weighted by molar-refractivity contribution is 5.99. The minimum Gasteiger partial charge on any atom is -0.497 e. The molecule has 3 rings (SSSR count). The van der Waals surface area contributed by atoms with Crippen molar-refractivity contribution in [3.05, 3.63) is 48.0 Å². The van der Waals surface area contributed by atoms with Crippen molar-refractivity contribution < 1.29 is 29.0 Å². The number of carbonyl (C=O) groups excluding carboxylic acids is 3. The quantitative estimate of drug-likeness (QED) is 0.404. The van der Waals surface area contributed by atoms with E-state index in [1.54, 1.807) is 68.4 Å². The number of methoxy groups -OCH3 is 1. The average Bonchev–Trinajstić information content (AvgIpc) is 2.90. The van der Waals surface area contributed by atoms with Gasteiger partial charge >= 0.3 is 12.1 Å². The van der Waals surface area contributed by atoms with Crippen molar-refractivity contribution >= 4 is 29.3 Å². The van der Waals surface area contributed by atoms with Gasteiger partial charge in [-0.3, -0.25) is 4.79 Å². The monoisotopic (exact) mass is 541 g/mol. The molecule has 0 unspecified atom stereocenters. The van der Waals surface area contributed by atoms with Crippen LogP contribution in [0.3, 0.4) is 0 Å². The topological polar surface area (TPSA) is 132 Å². The number of rotatable bonds is 8. The van der Waals surface area contributed by atoms with Gasteiger partial charge < -0.3 is 40.3 Å². The summed E-state index contributed by atoms with van der Waals surface area (Å²) in [5.74, 6) is 0.551. The Morgan fingerprint density at radius 2 is 1.79 bits per heavy atom. The standard InChI is InChI=1S/C28H39N5O6/c1-17(2)29-27(36)30-21-9-12-24-23(13-21)26(35)33(19(4)16-34)14-18(3)25(39-24)15-32(5)28(37)31-20-7-10-22(38-6)11-8-20/h7-13,17-19,25,34H,14-16H2,1-6H3,(H,31,37)(H2,29,30,36)/t18-,19+,25-/m0/s1. The number of anilines is 2. The van der Waals surface area contributed by atoms with Crippen molar-refractivity contribution in [2.24, 2.45) is 5.92 Å². The molecule has 1 aliphatic rings. The van der Waals surface area contributed by atoms with Gasteiger partial charge in [-0.2, -0.15) is 0 Å². The maximum absolute atomic E-state index is 13.6. The lowest BCUT2D eigenvalue weighted by Crippen LogP contribution is -2.50. The first-order chi connectivity index (χ1) is 18.5. The molecule has 5 amide bonds. The second-order valence-corrected chi connectivity index (χ2v) is 10.1. The molecule has 11 nitrogen and oxygen atoms in total. The van der Waals surface area contributed by atoms with Crippen molar-refractivity contribution in [2.75, 3.05) is 44.5 Å². The van der Waals surface area contributed by atoms with E-state index < -0.39 is 12.1 Å². The van der Waals surface area contributed by atoms with Crippen LogP contribution in [0.15, 0.2) is 42.5 Å². The van der Waals surface area contributed by atoms with Gasteiger partial charge in [-0.05, 0) is 63.2 Å². The Labute approximate surface area is 229 Å². The predicted molar refractivity (Wildman–Crippen MR) is 150 cm³/mol. The van der Waals surface area contributed by atoms with Crippen LogP contribution in [-0.4, -0.2) is 84.9 Å². The van der Waals surface area contributed by atoms with E-state index in [1.165, 1.54) is 4.90 Å². The second kappa shape index (κ2) is 13.2. The minimum absolute atomic E-state index is 0.0543. The Balaban J connectivity index is 1.83. The Bertz CT molecular complexity index is 1160. The van der Waals surface area contributed by atoms with E-state index >= 15 is 0 Å². The highest BCUT2D eigenvalue weighted by atomic mass is 16.5. The number of likely N-dealkylation sites (N-methyl/N-ethyl adjacent to an activating group) is 1. The zero-order chi connectivity index (χ0) is 28.7. The third-order valence-electron chi connectivity index (χ3n) is 6.48. The Morgan fingerprint density at radius 1 is 1.13 bits per heavy atom. The van der Waals surface area contributed by atoms with Gasteiger partial charge in [0.25, 0.3) is 5.91 Å². The number of hydrogen-bond donors (Lipinski definition) is 4. The molecule has 4 N–H and O–H groups in total. The molecule has 0 bridgehead atoms. The Hall–Kier alpha value is -3.99. The van der Waals surface area contributed by atoms with Crippen LogP contribution in [0.1, 0.15) is 38.1 Å². The summed E-state index contributed by atoms with van der Waals surface area (Å²) >= 11 is 0. The highest BCUT2D eigenvalue weighted by Crippen LogP contribution is 2.31. The number of nitrogens with one attached hydrogen (secondary N) is 3. The molecule has 0 radical (unpaired) electrons. The fraction of sp³-hybridized carbons (Fsp3) is 0.464. The molecule has 0 aliphatic carbocycles. The summed E-state index contributed by atoms with van der Waals surface area (Å²) in [4.78, 5) is 41.8. The van der Waals surface area contributed by atoms with E-state index in [9.17, 15) is 19.5 Å². The molecule has 0 fully saturated rings. The molecule has 11 heteroatoms. The van der Waals surface area contributed by atoms with E-state index in [-0.39, 0.29) is 48.6 Å². The van der Waals surface area contributed by atoms with Crippen molar-refractivity contribution in [3.8, 4) is 11.5 Å². The number of ether oxygens (including phenoxy) is 2.